The van der Waals surface area contributed by atoms with Gasteiger partial charge in [0.2, 0.25) is 11.6 Å². The number of nitrogens with zero attached hydrogens (tertiary/aromatic N) is 1. The minimum atomic E-state index is -5.21. The van der Waals surface area contributed by atoms with Crippen LogP contribution in [0, 0.1) is 24.4 Å². The Hall–Kier alpha value is -4.49. The summed E-state index contributed by atoms with van der Waals surface area (Å²) in [5.74, 6) is -10.2. The van der Waals surface area contributed by atoms with Gasteiger partial charge in [-0.05, 0) is 42.8 Å². The van der Waals surface area contributed by atoms with E-state index < -0.39 is 64.2 Å². The molecule has 0 atom stereocenters. The summed E-state index contributed by atoms with van der Waals surface area (Å²) in [4.78, 5) is 28.0. The first-order valence-corrected chi connectivity index (χ1v) is 9.68. The lowest BCUT2D eigenvalue weighted by Crippen LogP contribution is -2.19. The summed E-state index contributed by atoms with van der Waals surface area (Å²) in [6.07, 6.45) is -4.01. The van der Waals surface area contributed by atoms with Gasteiger partial charge < -0.3 is 25.3 Å². The number of alkyl halides is 3. The summed E-state index contributed by atoms with van der Waals surface area (Å²) in [6, 6.07) is 3.91. The van der Waals surface area contributed by atoms with Crippen molar-refractivity contribution < 1.29 is 50.1 Å². The number of hydrogen-bond donors (Lipinski definition) is 2. The van der Waals surface area contributed by atoms with E-state index in [4.69, 9.17) is 15.2 Å². The zero-order chi connectivity index (χ0) is 26.8. The molecule has 14 heteroatoms. The number of amides is 2. The third-order valence-corrected chi connectivity index (χ3v) is 4.56. The molecule has 3 rings (SSSR count). The van der Waals surface area contributed by atoms with E-state index in [0.29, 0.717) is 17.7 Å². The maximum absolute atomic E-state index is 14.7. The number of aryl methyl sites for hydroxylation is 1. The van der Waals surface area contributed by atoms with Crippen molar-refractivity contribution in [3.05, 3.63) is 70.8 Å². The van der Waals surface area contributed by atoms with Crippen molar-refractivity contribution in [1.82, 2.24) is 4.98 Å². The molecule has 1 aromatic heterocycles. The zero-order valence-electron chi connectivity index (χ0n) is 18.3. The number of benzene rings is 2. The van der Waals surface area contributed by atoms with Gasteiger partial charge in [-0.15, -0.1) is 13.2 Å². The van der Waals surface area contributed by atoms with E-state index in [0.717, 1.165) is 25.3 Å². The normalized spacial score (nSPS) is 11.1. The lowest BCUT2D eigenvalue weighted by Gasteiger charge is -2.17. The van der Waals surface area contributed by atoms with E-state index in [9.17, 15) is 35.9 Å². The molecule has 0 aliphatic rings. The van der Waals surface area contributed by atoms with Crippen molar-refractivity contribution in [3.63, 3.8) is 0 Å². The molecule has 8 nitrogen and oxygen atoms in total. The van der Waals surface area contributed by atoms with E-state index in [1.165, 1.54) is 13.1 Å². The Morgan fingerprint density at radius 3 is 2.25 bits per heavy atom. The summed E-state index contributed by atoms with van der Waals surface area (Å²) in [5.41, 5.74) is 4.26. The van der Waals surface area contributed by atoms with E-state index in [-0.39, 0.29) is 11.4 Å². The first-order chi connectivity index (χ1) is 16.8. The first kappa shape index (κ1) is 26.1. The van der Waals surface area contributed by atoms with E-state index >= 15 is 0 Å². The largest absolute Gasteiger partial charge is 0.573 e. The molecule has 0 radical (unpaired) electrons. The van der Waals surface area contributed by atoms with Crippen LogP contribution in [0.3, 0.4) is 0 Å². The molecule has 190 valence electrons. The molecule has 0 aliphatic carbocycles. The highest BCUT2D eigenvalue weighted by atomic mass is 19.4. The van der Waals surface area contributed by atoms with E-state index in [1.807, 2.05) is 0 Å². The Labute approximate surface area is 198 Å². The fourth-order valence-electron chi connectivity index (χ4n) is 2.92. The Bertz CT molecular complexity index is 1350. The van der Waals surface area contributed by atoms with Crippen molar-refractivity contribution in [1.29, 1.82) is 0 Å². The number of nitrogens with two attached hydrogens (primary N) is 1. The Balaban J connectivity index is 2.02. The second-order valence-corrected chi connectivity index (χ2v) is 7.00. The molecule has 1 heterocycles. The number of nitrogens with one attached hydrogen (secondary N) is 1. The Kier molecular flexibility index (Phi) is 7.27. The molecule has 0 saturated carbocycles. The molecule has 3 aromatic rings. The second kappa shape index (κ2) is 10.0. The number of pyridine rings is 1. The number of halogens is 6. The van der Waals surface area contributed by atoms with Gasteiger partial charge in [0.1, 0.15) is 17.0 Å². The third kappa shape index (κ3) is 5.59. The van der Waals surface area contributed by atoms with Crippen LogP contribution in [0.15, 0.2) is 36.5 Å². The molecule has 2 aromatic carbocycles. The van der Waals surface area contributed by atoms with Crippen molar-refractivity contribution in [2.75, 3.05) is 12.4 Å². The standard InChI is InChI=1S/C22H15F6N3O5/c1-9-8-30-12(20(29)32)7-11(9)31-21(33)16-13(4-3-10(23)17(16)24)35-15-6-5-14(36-22(26,27)28)18(25)19(15)34-2/h3-8H,1-2H3,(H2,29,32)(H,30,31,33). The molecule has 2 amide bonds. The predicted molar refractivity (Wildman–Crippen MR) is 112 cm³/mol. The second-order valence-electron chi connectivity index (χ2n) is 7.00. The van der Waals surface area contributed by atoms with Crippen molar-refractivity contribution in [2.24, 2.45) is 5.73 Å². The molecule has 0 unspecified atom stereocenters. The number of primary amides is 1. The third-order valence-electron chi connectivity index (χ3n) is 4.56. The van der Waals surface area contributed by atoms with Crippen molar-refractivity contribution >= 4 is 17.5 Å². The fraction of sp³-hybridized carbons (Fsp3) is 0.136. The van der Waals surface area contributed by atoms with Gasteiger partial charge in [0.25, 0.3) is 11.8 Å². The fourth-order valence-corrected chi connectivity index (χ4v) is 2.92. The van der Waals surface area contributed by atoms with Gasteiger partial charge in [-0.2, -0.15) is 4.39 Å². The van der Waals surface area contributed by atoms with Gasteiger partial charge in [-0.1, -0.05) is 0 Å². The number of rotatable bonds is 7. The molecule has 0 saturated heterocycles. The van der Waals surface area contributed by atoms with E-state index in [1.54, 1.807) is 0 Å². The monoisotopic (exact) mass is 515 g/mol. The zero-order valence-corrected chi connectivity index (χ0v) is 18.3. The average molecular weight is 515 g/mol. The SMILES string of the molecule is COc1c(Oc2ccc(F)c(F)c2C(=O)Nc2cc(C(N)=O)ncc2C)ccc(OC(F)(F)F)c1F. The molecule has 0 aliphatic heterocycles. The molecular formula is C22H15F6N3O5. The van der Waals surface area contributed by atoms with Crippen LogP contribution in [0.2, 0.25) is 0 Å². The van der Waals surface area contributed by atoms with Gasteiger partial charge >= 0.3 is 6.36 Å². The highest BCUT2D eigenvalue weighted by molar-refractivity contribution is 6.07. The summed E-state index contributed by atoms with van der Waals surface area (Å²) in [5, 5.41) is 2.27. The van der Waals surface area contributed by atoms with Crippen molar-refractivity contribution in [3.8, 4) is 23.0 Å². The molecule has 0 spiro atoms. The van der Waals surface area contributed by atoms with Crippen LogP contribution < -0.4 is 25.3 Å². The predicted octanol–water partition coefficient (Wildman–Crippen LogP) is 4.86. The van der Waals surface area contributed by atoms with Crippen LogP contribution in [0.4, 0.5) is 32.0 Å². The minimum Gasteiger partial charge on any atom is -0.490 e. The van der Waals surface area contributed by atoms with Gasteiger partial charge in [-0.3, -0.25) is 14.6 Å². The molecular weight excluding hydrogens is 500 g/mol. The quantitative estimate of drug-likeness (QED) is 0.435. The van der Waals surface area contributed by atoms with Crippen LogP contribution in [0.1, 0.15) is 26.4 Å². The molecule has 3 N–H and O–H groups in total. The number of carbonyl (C=O) groups excluding carboxylic acids is 2. The lowest BCUT2D eigenvalue weighted by atomic mass is 10.1. The maximum Gasteiger partial charge on any atom is 0.573 e. The number of anilines is 1. The topological polar surface area (TPSA) is 113 Å². The number of carbonyl (C=O) groups is 2. The maximum atomic E-state index is 14.7. The minimum absolute atomic E-state index is 0.0179. The Morgan fingerprint density at radius 1 is 1.00 bits per heavy atom. The smallest absolute Gasteiger partial charge is 0.490 e. The Morgan fingerprint density at radius 2 is 1.64 bits per heavy atom. The highest BCUT2D eigenvalue weighted by Gasteiger charge is 2.34. The van der Waals surface area contributed by atoms with Gasteiger partial charge in [0.15, 0.2) is 23.1 Å². The summed E-state index contributed by atoms with van der Waals surface area (Å²) < 4.78 is 94.3. The van der Waals surface area contributed by atoms with Crippen LogP contribution in [-0.2, 0) is 0 Å². The summed E-state index contributed by atoms with van der Waals surface area (Å²) in [6.45, 7) is 1.49. The molecule has 36 heavy (non-hydrogen) atoms. The van der Waals surface area contributed by atoms with Crippen LogP contribution in [-0.4, -0.2) is 30.3 Å². The van der Waals surface area contributed by atoms with Gasteiger partial charge in [0.05, 0.1) is 7.11 Å². The molecule has 0 fully saturated rings. The van der Waals surface area contributed by atoms with Gasteiger partial charge in [-0.25, -0.2) is 8.78 Å². The lowest BCUT2D eigenvalue weighted by molar-refractivity contribution is -0.275. The van der Waals surface area contributed by atoms with Crippen LogP contribution >= 0.6 is 0 Å². The highest BCUT2D eigenvalue weighted by Crippen LogP contribution is 2.41. The number of aromatic nitrogens is 1. The van der Waals surface area contributed by atoms with Crippen molar-refractivity contribution in [2.45, 2.75) is 13.3 Å². The summed E-state index contributed by atoms with van der Waals surface area (Å²) >= 11 is 0. The number of hydrogen-bond acceptors (Lipinski definition) is 6. The van der Waals surface area contributed by atoms with Crippen LogP contribution in [0.5, 0.6) is 23.0 Å². The van der Waals surface area contributed by atoms with Gasteiger partial charge in [0, 0.05) is 11.9 Å². The first-order valence-electron chi connectivity index (χ1n) is 9.68. The number of methoxy groups -OCH3 is 1. The van der Waals surface area contributed by atoms with Crippen LogP contribution in [0.25, 0.3) is 0 Å². The number of ether oxygens (including phenoxy) is 3. The average Bonchev–Trinajstić information content (AvgIpc) is 2.79. The summed E-state index contributed by atoms with van der Waals surface area (Å²) in [7, 11) is 0.907. The molecule has 0 bridgehead atoms. The van der Waals surface area contributed by atoms with E-state index in [2.05, 4.69) is 15.0 Å².